The van der Waals surface area contributed by atoms with Gasteiger partial charge >= 0.3 is 0 Å². The molecule has 1 heterocycles. The van der Waals surface area contributed by atoms with Crippen LogP contribution in [0, 0.1) is 0 Å². The summed E-state index contributed by atoms with van der Waals surface area (Å²) in [4.78, 5) is 0. The molecule has 2 heteroatoms. The third kappa shape index (κ3) is 2.86. The van der Waals surface area contributed by atoms with Crippen LogP contribution >= 0.6 is 0 Å². The van der Waals surface area contributed by atoms with Gasteiger partial charge in [0.2, 0.25) is 0 Å². The maximum atomic E-state index is 6.02. The van der Waals surface area contributed by atoms with Crippen LogP contribution in [0.5, 0.6) is 11.5 Å². The van der Waals surface area contributed by atoms with Gasteiger partial charge in [0, 0.05) is 17.0 Å². The zero-order valence-electron chi connectivity index (χ0n) is 12.8. The average molecular weight is 302 g/mol. The van der Waals surface area contributed by atoms with Gasteiger partial charge in [0.1, 0.15) is 11.5 Å². The van der Waals surface area contributed by atoms with Crippen LogP contribution in [-0.4, -0.2) is 6.61 Å². The fourth-order valence-electron chi connectivity index (χ4n) is 3.06. The van der Waals surface area contributed by atoms with Gasteiger partial charge in [0.25, 0.3) is 0 Å². The summed E-state index contributed by atoms with van der Waals surface area (Å²) in [5, 5.41) is 0. The summed E-state index contributed by atoms with van der Waals surface area (Å²) in [5.74, 6) is 2.07. The molecule has 0 N–H and O–H groups in total. The first-order valence-corrected chi connectivity index (χ1v) is 7.89. The van der Waals surface area contributed by atoms with Crippen LogP contribution in [0.3, 0.4) is 0 Å². The van der Waals surface area contributed by atoms with Gasteiger partial charge in [0.15, 0.2) is 0 Å². The summed E-state index contributed by atoms with van der Waals surface area (Å²) in [5.41, 5.74) is 3.58. The van der Waals surface area contributed by atoms with Crippen molar-refractivity contribution in [3.05, 3.63) is 95.6 Å². The van der Waals surface area contributed by atoms with Crippen molar-refractivity contribution in [1.82, 2.24) is 0 Å². The van der Waals surface area contributed by atoms with E-state index in [-0.39, 0.29) is 5.92 Å². The zero-order valence-corrected chi connectivity index (χ0v) is 12.8. The van der Waals surface area contributed by atoms with Gasteiger partial charge in [-0.25, -0.2) is 0 Å². The molecule has 0 spiro atoms. The first-order chi connectivity index (χ1) is 11.4. The standard InChI is InChI=1S/C21H18O2/c1-2-8-16(9-3-1)14-22-15-19-17-10-4-6-12-20(17)23-21-13-7-5-11-18(19)21/h1-13,19H,14-15H2. The van der Waals surface area contributed by atoms with Crippen molar-refractivity contribution >= 4 is 0 Å². The summed E-state index contributed by atoms with van der Waals surface area (Å²) in [6.07, 6.45) is 0. The third-order valence-electron chi connectivity index (χ3n) is 4.20. The number of hydrogen-bond donors (Lipinski definition) is 0. The Kier molecular flexibility index (Phi) is 3.83. The van der Waals surface area contributed by atoms with Crippen molar-refractivity contribution in [2.75, 3.05) is 6.61 Å². The van der Waals surface area contributed by atoms with E-state index in [0.29, 0.717) is 13.2 Å². The number of para-hydroxylation sites is 2. The molecule has 114 valence electrons. The maximum absolute atomic E-state index is 6.02. The van der Waals surface area contributed by atoms with Crippen molar-refractivity contribution < 1.29 is 9.47 Å². The molecule has 2 nitrogen and oxygen atoms in total. The first-order valence-electron chi connectivity index (χ1n) is 7.89. The Balaban J connectivity index is 1.57. The molecule has 1 aliphatic rings. The van der Waals surface area contributed by atoms with E-state index in [4.69, 9.17) is 9.47 Å². The molecule has 3 aromatic carbocycles. The Hall–Kier alpha value is -2.58. The van der Waals surface area contributed by atoms with Crippen LogP contribution in [-0.2, 0) is 11.3 Å². The summed E-state index contributed by atoms with van der Waals surface area (Å²) in [7, 11) is 0. The fraction of sp³-hybridized carbons (Fsp3) is 0.143. The van der Waals surface area contributed by atoms with Gasteiger partial charge in [-0.15, -0.1) is 0 Å². The van der Waals surface area contributed by atoms with E-state index in [2.05, 4.69) is 36.4 Å². The molecule has 0 saturated heterocycles. The number of hydrogen-bond acceptors (Lipinski definition) is 2. The first kappa shape index (κ1) is 14.0. The quantitative estimate of drug-likeness (QED) is 0.664. The predicted octanol–water partition coefficient (Wildman–Crippen LogP) is 5.14. The predicted molar refractivity (Wildman–Crippen MR) is 90.9 cm³/mol. The number of ether oxygens (including phenoxy) is 2. The second-order valence-corrected chi connectivity index (χ2v) is 5.73. The molecule has 0 aromatic heterocycles. The lowest BCUT2D eigenvalue weighted by atomic mass is 9.89. The van der Waals surface area contributed by atoms with Crippen LogP contribution < -0.4 is 4.74 Å². The number of benzene rings is 3. The van der Waals surface area contributed by atoms with E-state index in [0.717, 1.165) is 11.5 Å². The second-order valence-electron chi connectivity index (χ2n) is 5.73. The lowest BCUT2D eigenvalue weighted by Crippen LogP contribution is -2.15. The smallest absolute Gasteiger partial charge is 0.131 e. The van der Waals surface area contributed by atoms with Crippen molar-refractivity contribution in [3.63, 3.8) is 0 Å². The number of fused-ring (bicyclic) bond motifs is 2. The largest absolute Gasteiger partial charge is 0.457 e. The SMILES string of the molecule is c1ccc(COCC2c3ccccc3Oc3ccccc32)cc1. The highest BCUT2D eigenvalue weighted by Gasteiger charge is 2.26. The molecular weight excluding hydrogens is 284 g/mol. The fourth-order valence-corrected chi connectivity index (χ4v) is 3.06. The summed E-state index contributed by atoms with van der Waals surface area (Å²) < 4.78 is 12.0. The highest BCUT2D eigenvalue weighted by atomic mass is 16.5. The molecule has 0 atom stereocenters. The van der Waals surface area contributed by atoms with Gasteiger partial charge in [-0.1, -0.05) is 66.7 Å². The van der Waals surface area contributed by atoms with E-state index in [1.54, 1.807) is 0 Å². The molecule has 23 heavy (non-hydrogen) atoms. The van der Waals surface area contributed by atoms with Gasteiger partial charge in [-0.05, 0) is 17.7 Å². The van der Waals surface area contributed by atoms with E-state index in [1.807, 2.05) is 42.5 Å². The van der Waals surface area contributed by atoms with Gasteiger partial charge in [-0.2, -0.15) is 0 Å². The summed E-state index contributed by atoms with van der Waals surface area (Å²) >= 11 is 0. The molecule has 0 saturated carbocycles. The normalized spacial score (nSPS) is 13.0. The molecule has 3 aromatic rings. The third-order valence-corrected chi connectivity index (χ3v) is 4.20. The Morgan fingerprint density at radius 3 is 1.91 bits per heavy atom. The molecule has 1 aliphatic heterocycles. The minimum Gasteiger partial charge on any atom is -0.457 e. The second kappa shape index (κ2) is 6.27. The van der Waals surface area contributed by atoms with Crippen LogP contribution in [0.25, 0.3) is 0 Å². The molecule has 0 unspecified atom stereocenters. The van der Waals surface area contributed by atoms with Crippen LogP contribution in [0.1, 0.15) is 22.6 Å². The van der Waals surface area contributed by atoms with Crippen molar-refractivity contribution in [3.8, 4) is 11.5 Å². The lowest BCUT2D eigenvalue weighted by molar-refractivity contribution is 0.112. The average Bonchev–Trinajstić information content (AvgIpc) is 2.62. The van der Waals surface area contributed by atoms with Crippen molar-refractivity contribution in [2.45, 2.75) is 12.5 Å². The molecule has 0 aliphatic carbocycles. The summed E-state index contributed by atoms with van der Waals surface area (Å²) in [6, 6.07) is 26.7. The van der Waals surface area contributed by atoms with E-state index in [1.165, 1.54) is 16.7 Å². The Labute approximate surface area is 136 Å². The maximum Gasteiger partial charge on any atom is 0.131 e. The Morgan fingerprint density at radius 1 is 0.696 bits per heavy atom. The van der Waals surface area contributed by atoms with Crippen molar-refractivity contribution in [2.24, 2.45) is 0 Å². The molecule has 0 bridgehead atoms. The monoisotopic (exact) mass is 302 g/mol. The summed E-state index contributed by atoms with van der Waals surface area (Å²) in [6.45, 7) is 1.27. The van der Waals surface area contributed by atoms with Gasteiger partial charge in [-0.3, -0.25) is 0 Å². The highest BCUT2D eigenvalue weighted by Crippen LogP contribution is 2.43. The van der Waals surface area contributed by atoms with Crippen LogP contribution in [0.15, 0.2) is 78.9 Å². The topological polar surface area (TPSA) is 18.5 Å². The van der Waals surface area contributed by atoms with E-state index >= 15 is 0 Å². The minimum atomic E-state index is 0.208. The van der Waals surface area contributed by atoms with Crippen LogP contribution in [0.2, 0.25) is 0 Å². The molecule has 0 radical (unpaired) electrons. The zero-order chi connectivity index (χ0) is 15.5. The Morgan fingerprint density at radius 2 is 1.26 bits per heavy atom. The minimum absolute atomic E-state index is 0.208. The molecule has 0 amide bonds. The highest BCUT2D eigenvalue weighted by molar-refractivity contribution is 5.53. The van der Waals surface area contributed by atoms with Crippen LogP contribution in [0.4, 0.5) is 0 Å². The lowest BCUT2D eigenvalue weighted by Gasteiger charge is -2.28. The van der Waals surface area contributed by atoms with E-state index < -0.39 is 0 Å². The van der Waals surface area contributed by atoms with Crippen molar-refractivity contribution in [1.29, 1.82) is 0 Å². The van der Waals surface area contributed by atoms with Gasteiger partial charge in [0.05, 0.1) is 13.2 Å². The molecular formula is C21H18O2. The molecule has 0 fully saturated rings. The van der Waals surface area contributed by atoms with Gasteiger partial charge < -0.3 is 9.47 Å². The van der Waals surface area contributed by atoms with E-state index in [9.17, 15) is 0 Å². The molecule has 4 rings (SSSR count). The number of rotatable bonds is 4. The Bertz CT molecular complexity index is 750.